The zero-order chi connectivity index (χ0) is 8.91. The maximum atomic E-state index is 10.5. The van der Waals surface area contributed by atoms with E-state index < -0.39 is 15.0 Å². The summed E-state index contributed by atoms with van der Waals surface area (Å²) in [5.74, 6) is -0.484. The molecule has 0 rings (SSSR count). The molecule has 0 radical (unpaired) electrons. The maximum Gasteiger partial charge on any atom is 1.00 e. The molecule has 0 fully saturated rings. The van der Waals surface area contributed by atoms with Crippen molar-refractivity contribution in [3.8, 4) is 0 Å². The van der Waals surface area contributed by atoms with Crippen LogP contribution in [0.25, 0.3) is 0 Å². The zero-order valence-corrected chi connectivity index (χ0v) is 12.2. The van der Waals surface area contributed by atoms with E-state index in [9.17, 15) is 4.79 Å². The Kier molecular flexibility index (Phi) is 9.91. The van der Waals surface area contributed by atoms with Gasteiger partial charge in [0.15, 0.2) is 0 Å². The number of carbonyl (C=O) groups excluding carboxylic acids is 1. The summed E-state index contributed by atoms with van der Waals surface area (Å²) in [5.41, 5.74) is 0. The van der Waals surface area contributed by atoms with E-state index in [4.69, 9.17) is 17.7 Å². The summed E-state index contributed by atoms with van der Waals surface area (Å²) in [5, 5.41) is 0. The predicted octanol–water partition coefficient (Wildman–Crippen LogP) is -2.96. The van der Waals surface area contributed by atoms with Gasteiger partial charge in [-0.1, -0.05) is 0 Å². The molecule has 0 aromatic rings. The van der Waals surface area contributed by atoms with Gasteiger partial charge in [-0.25, -0.2) is 0 Å². The van der Waals surface area contributed by atoms with E-state index in [0.29, 0.717) is 0 Å². The van der Waals surface area contributed by atoms with E-state index in [2.05, 4.69) is 0 Å². The van der Waals surface area contributed by atoms with Crippen molar-refractivity contribution in [3.05, 3.63) is 0 Å². The van der Waals surface area contributed by atoms with Crippen LogP contribution in [-0.4, -0.2) is 36.3 Å². The van der Waals surface area contributed by atoms with Crippen LogP contribution in [0.5, 0.6) is 0 Å². The second-order valence-corrected chi connectivity index (χ2v) is 4.13. The Bertz CT molecular complexity index is 135. The van der Waals surface area contributed by atoms with Crippen LogP contribution < -0.4 is 51.4 Å². The topological polar surface area (TPSA) is 54.0 Å². The monoisotopic (exact) mass is 220 g/mol. The van der Waals surface area contributed by atoms with Crippen molar-refractivity contribution >= 4 is 15.0 Å². The zero-order valence-electron chi connectivity index (χ0n) is 9.04. The fraction of sp³-hybridized carbons (Fsp3) is 0.800. The van der Waals surface area contributed by atoms with Gasteiger partial charge in [-0.2, -0.15) is 0 Å². The summed E-state index contributed by atoms with van der Waals surface area (Å²) in [4.78, 5) is 10.5. The van der Waals surface area contributed by atoms with Gasteiger partial charge >= 0.3 is 60.4 Å². The molecule has 5 nitrogen and oxygen atoms in total. The van der Waals surface area contributed by atoms with Crippen LogP contribution in [0.4, 0.5) is 0 Å². The van der Waals surface area contributed by atoms with Gasteiger partial charge in [-0.15, -0.1) is 0 Å². The van der Waals surface area contributed by atoms with Crippen molar-refractivity contribution in [1.29, 1.82) is 0 Å². The second kappa shape index (κ2) is 7.59. The molecule has 0 saturated carbocycles. The summed E-state index contributed by atoms with van der Waals surface area (Å²) < 4.78 is 19.1. The fourth-order valence-corrected chi connectivity index (χ4v) is 1.65. The van der Waals surface area contributed by atoms with Crippen LogP contribution in [0.15, 0.2) is 0 Å². The normalized spacial score (nSPS) is 10.3. The first-order valence-corrected chi connectivity index (χ1v) is 4.58. The summed E-state index contributed by atoms with van der Waals surface area (Å²) in [6.07, 6.45) is 0. The third kappa shape index (κ3) is 5.05. The maximum absolute atomic E-state index is 10.5. The number of hydrogen-bond acceptors (Lipinski definition) is 5. The molecule has 0 heterocycles. The van der Waals surface area contributed by atoms with Crippen molar-refractivity contribution in [2.24, 2.45) is 0 Å². The van der Waals surface area contributed by atoms with Crippen molar-refractivity contribution in [2.75, 3.05) is 21.3 Å². The first-order chi connectivity index (χ1) is 5.10. The van der Waals surface area contributed by atoms with Gasteiger partial charge < -0.3 is 19.1 Å². The van der Waals surface area contributed by atoms with Gasteiger partial charge in [-0.3, -0.25) is 4.79 Å². The summed E-state index contributed by atoms with van der Waals surface area (Å²) in [6, 6.07) is 0. The Morgan fingerprint density at radius 3 is 1.58 bits per heavy atom. The Labute approximate surface area is 117 Å². The molecule has 0 bridgehead atoms. The average molecular weight is 220 g/mol. The fourth-order valence-electron chi connectivity index (χ4n) is 0.551. The summed E-state index contributed by atoms with van der Waals surface area (Å²) in [7, 11) is 0.960. The van der Waals surface area contributed by atoms with Crippen LogP contribution in [0.2, 0.25) is 0 Å². The molecule has 0 atom stereocenters. The van der Waals surface area contributed by atoms with Gasteiger partial charge in [0.1, 0.15) is 0 Å². The van der Waals surface area contributed by atoms with E-state index in [0.717, 1.165) is 0 Å². The molecule has 0 aliphatic rings. The van der Waals surface area contributed by atoms with E-state index in [1.165, 1.54) is 28.3 Å². The molecule has 0 spiro atoms. The van der Waals surface area contributed by atoms with Crippen molar-refractivity contribution in [1.82, 2.24) is 0 Å². The molecule has 0 unspecified atom stereocenters. The second-order valence-electron chi connectivity index (χ2n) is 1.71. The number of rotatable bonds is 4. The third-order valence-corrected chi connectivity index (χ3v) is 3.06. The SMILES string of the molecule is CO[Si](OC)(OC)OC(C)=O.[H-].[K+]. The Balaban J connectivity index is -0.000000500. The van der Waals surface area contributed by atoms with E-state index in [1.54, 1.807) is 0 Å². The molecule has 0 N–H and O–H groups in total. The van der Waals surface area contributed by atoms with E-state index in [-0.39, 0.29) is 52.8 Å². The minimum absolute atomic E-state index is 0. The van der Waals surface area contributed by atoms with Gasteiger partial charge in [-0.05, 0) is 0 Å². The standard InChI is InChI=1S/C5H12O5Si.K.H/c1-5(6)10-11(7-2,8-3)9-4;;/h1-4H3;;/q;+1;-1. The predicted molar refractivity (Wildman–Crippen MR) is 39.7 cm³/mol. The van der Waals surface area contributed by atoms with Crippen LogP contribution in [0.1, 0.15) is 8.35 Å². The van der Waals surface area contributed by atoms with Gasteiger partial charge in [0.05, 0.1) is 0 Å². The van der Waals surface area contributed by atoms with Crippen LogP contribution in [0.3, 0.4) is 0 Å². The Hall–Kier alpha value is 1.20. The number of hydrogen-bond donors (Lipinski definition) is 0. The molecular weight excluding hydrogens is 207 g/mol. The molecule has 0 aromatic carbocycles. The van der Waals surface area contributed by atoms with Crippen molar-refractivity contribution < 1.29 is 75.3 Å². The minimum atomic E-state index is -3.13. The minimum Gasteiger partial charge on any atom is -1.00 e. The van der Waals surface area contributed by atoms with Crippen molar-refractivity contribution in [3.63, 3.8) is 0 Å². The first kappa shape index (κ1) is 15.7. The third-order valence-electron chi connectivity index (χ3n) is 1.02. The van der Waals surface area contributed by atoms with Crippen LogP contribution in [-0.2, 0) is 22.5 Å². The molecule has 0 aliphatic carbocycles. The molecule has 0 aromatic heterocycles. The summed E-state index contributed by atoms with van der Waals surface area (Å²) in [6.45, 7) is 1.26. The Morgan fingerprint density at radius 2 is 1.50 bits per heavy atom. The Morgan fingerprint density at radius 1 is 1.17 bits per heavy atom. The molecule has 68 valence electrons. The van der Waals surface area contributed by atoms with Gasteiger partial charge in [0.25, 0.3) is 5.97 Å². The molecule has 0 amide bonds. The quantitative estimate of drug-likeness (QED) is 0.474. The molecule has 7 heteroatoms. The van der Waals surface area contributed by atoms with Gasteiger partial charge in [0.2, 0.25) is 0 Å². The number of carbonyl (C=O) groups is 1. The van der Waals surface area contributed by atoms with Crippen LogP contribution >= 0.6 is 0 Å². The van der Waals surface area contributed by atoms with Gasteiger partial charge in [0, 0.05) is 28.3 Å². The van der Waals surface area contributed by atoms with Crippen molar-refractivity contribution in [2.45, 2.75) is 6.92 Å². The molecule has 0 aliphatic heterocycles. The largest absolute Gasteiger partial charge is 1.00 e. The molecular formula is C5H13KO5Si. The smallest absolute Gasteiger partial charge is 1.00 e. The van der Waals surface area contributed by atoms with E-state index >= 15 is 0 Å². The summed E-state index contributed by atoms with van der Waals surface area (Å²) >= 11 is 0. The molecule has 0 saturated heterocycles. The average Bonchev–Trinajstić information content (AvgIpc) is 2.00. The first-order valence-electron chi connectivity index (χ1n) is 2.95. The van der Waals surface area contributed by atoms with E-state index in [1.807, 2.05) is 0 Å². The molecule has 12 heavy (non-hydrogen) atoms. The van der Waals surface area contributed by atoms with Crippen LogP contribution in [0, 0.1) is 0 Å².